The predicted molar refractivity (Wildman–Crippen MR) is 82.0 cm³/mol. The molecule has 1 atom stereocenters. The first-order valence-electron chi connectivity index (χ1n) is 8.55. The van der Waals surface area contributed by atoms with Crippen LogP contribution < -0.4 is 5.32 Å². The zero-order valence-electron chi connectivity index (χ0n) is 12.8. The second-order valence-electron chi connectivity index (χ2n) is 6.20. The zero-order valence-corrected chi connectivity index (χ0v) is 12.8. The van der Waals surface area contributed by atoms with Gasteiger partial charge in [-0.05, 0) is 32.2 Å². The van der Waals surface area contributed by atoms with E-state index in [1.165, 1.54) is 83.5 Å². The SMILES string of the molecule is CCCCCCCCCCCC(NC)C1CCC1. The van der Waals surface area contributed by atoms with Crippen LogP contribution in [0, 0.1) is 5.92 Å². The van der Waals surface area contributed by atoms with E-state index in [1.807, 2.05) is 0 Å². The molecule has 0 heterocycles. The molecule has 0 saturated heterocycles. The van der Waals surface area contributed by atoms with Crippen LogP contribution in [-0.4, -0.2) is 13.1 Å². The van der Waals surface area contributed by atoms with E-state index in [9.17, 15) is 0 Å². The zero-order chi connectivity index (χ0) is 13.1. The van der Waals surface area contributed by atoms with Crippen molar-refractivity contribution in [3.05, 3.63) is 0 Å². The standard InChI is InChI=1S/C17H35N/c1-3-4-5-6-7-8-9-10-11-15-17(18-2)16-13-12-14-16/h16-18H,3-15H2,1-2H3. The van der Waals surface area contributed by atoms with Crippen LogP contribution in [0.4, 0.5) is 0 Å². The van der Waals surface area contributed by atoms with Crippen molar-refractivity contribution in [3.63, 3.8) is 0 Å². The maximum Gasteiger partial charge on any atom is 0.00923 e. The number of unbranched alkanes of at least 4 members (excludes halogenated alkanes) is 8. The van der Waals surface area contributed by atoms with E-state index in [1.54, 1.807) is 0 Å². The van der Waals surface area contributed by atoms with Crippen molar-refractivity contribution in [2.45, 2.75) is 96.4 Å². The van der Waals surface area contributed by atoms with E-state index in [0.717, 1.165) is 12.0 Å². The summed E-state index contributed by atoms with van der Waals surface area (Å²) in [6.45, 7) is 2.29. The molecule has 1 heteroatoms. The van der Waals surface area contributed by atoms with Gasteiger partial charge in [-0.15, -0.1) is 0 Å². The summed E-state index contributed by atoms with van der Waals surface area (Å²) in [5.74, 6) is 1.00. The van der Waals surface area contributed by atoms with E-state index in [2.05, 4.69) is 19.3 Å². The summed E-state index contributed by atoms with van der Waals surface area (Å²) in [4.78, 5) is 0. The Morgan fingerprint density at radius 3 is 1.89 bits per heavy atom. The lowest BCUT2D eigenvalue weighted by atomic mass is 9.78. The highest BCUT2D eigenvalue weighted by atomic mass is 14.9. The minimum absolute atomic E-state index is 0.823. The molecule has 0 aromatic carbocycles. The van der Waals surface area contributed by atoms with Gasteiger partial charge in [-0.2, -0.15) is 0 Å². The summed E-state index contributed by atoms with van der Waals surface area (Å²) in [7, 11) is 2.15. The van der Waals surface area contributed by atoms with Gasteiger partial charge in [-0.1, -0.05) is 71.1 Å². The minimum atomic E-state index is 0.823. The molecule has 1 unspecified atom stereocenters. The Morgan fingerprint density at radius 1 is 0.889 bits per heavy atom. The van der Waals surface area contributed by atoms with Gasteiger partial charge in [0.1, 0.15) is 0 Å². The van der Waals surface area contributed by atoms with Crippen molar-refractivity contribution in [1.29, 1.82) is 0 Å². The van der Waals surface area contributed by atoms with Crippen molar-refractivity contribution in [2.75, 3.05) is 7.05 Å². The third-order valence-electron chi connectivity index (χ3n) is 4.71. The summed E-state index contributed by atoms with van der Waals surface area (Å²) in [6.07, 6.45) is 18.9. The van der Waals surface area contributed by atoms with Gasteiger partial charge in [0.05, 0.1) is 0 Å². The highest BCUT2D eigenvalue weighted by molar-refractivity contribution is 4.81. The number of nitrogens with one attached hydrogen (secondary N) is 1. The van der Waals surface area contributed by atoms with Crippen LogP contribution in [0.3, 0.4) is 0 Å². The molecule has 0 aromatic heterocycles. The first-order valence-corrected chi connectivity index (χ1v) is 8.55. The van der Waals surface area contributed by atoms with Crippen molar-refractivity contribution in [1.82, 2.24) is 5.32 Å². The van der Waals surface area contributed by atoms with E-state index in [-0.39, 0.29) is 0 Å². The normalized spacial score (nSPS) is 17.7. The summed E-state index contributed by atoms with van der Waals surface area (Å²) >= 11 is 0. The maximum atomic E-state index is 3.53. The van der Waals surface area contributed by atoms with E-state index < -0.39 is 0 Å². The Hall–Kier alpha value is -0.0400. The van der Waals surface area contributed by atoms with Crippen molar-refractivity contribution >= 4 is 0 Å². The van der Waals surface area contributed by atoms with Crippen LogP contribution in [-0.2, 0) is 0 Å². The van der Waals surface area contributed by atoms with Crippen molar-refractivity contribution in [3.8, 4) is 0 Å². The summed E-state index contributed by atoms with van der Waals surface area (Å²) in [6, 6.07) is 0.823. The summed E-state index contributed by atoms with van der Waals surface area (Å²) in [5, 5.41) is 3.53. The maximum absolute atomic E-state index is 3.53. The molecule has 18 heavy (non-hydrogen) atoms. The third kappa shape index (κ3) is 6.78. The lowest BCUT2D eigenvalue weighted by molar-refractivity contribution is 0.224. The molecule has 1 N–H and O–H groups in total. The number of rotatable bonds is 12. The second-order valence-corrected chi connectivity index (χ2v) is 6.20. The number of hydrogen-bond donors (Lipinski definition) is 1. The molecule has 0 radical (unpaired) electrons. The van der Waals surface area contributed by atoms with Crippen molar-refractivity contribution in [2.24, 2.45) is 5.92 Å². The Balaban J connectivity index is 1.82. The first-order chi connectivity index (χ1) is 8.88. The Bertz CT molecular complexity index is 174. The summed E-state index contributed by atoms with van der Waals surface area (Å²) in [5.41, 5.74) is 0. The molecule has 0 spiro atoms. The first kappa shape index (κ1) is 16.0. The molecule has 1 nitrogen and oxygen atoms in total. The lowest BCUT2D eigenvalue weighted by Crippen LogP contribution is -2.37. The highest BCUT2D eigenvalue weighted by Crippen LogP contribution is 2.31. The lowest BCUT2D eigenvalue weighted by Gasteiger charge is -2.33. The van der Waals surface area contributed by atoms with Crippen LogP contribution in [0.2, 0.25) is 0 Å². The van der Waals surface area contributed by atoms with Gasteiger partial charge < -0.3 is 5.32 Å². The molecule has 1 saturated carbocycles. The average Bonchev–Trinajstić information content (AvgIpc) is 2.33. The molecule has 1 aliphatic carbocycles. The summed E-state index contributed by atoms with van der Waals surface area (Å²) < 4.78 is 0. The molecule has 1 fully saturated rings. The fourth-order valence-corrected chi connectivity index (χ4v) is 3.13. The van der Waals surface area contributed by atoms with Crippen LogP contribution >= 0.6 is 0 Å². The van der Waals surface area contributed by atoms with Crippen LogP contribution in [0.25, 0.3) is 0 Å². The number of hydrogen-bond acceptors (Lipinski definition) is 1. The molecule has 1 rings (SSSR count). The molecular formula is C17H35N. The quantitative estimate of drug-likeness (QED) is 0.466. The smallest absolute Gasteiger partial charge is 0.00923 e. The highest BCUT2D eigenvalue weighted by Gasteiger charge is 2.25. The topological polar surface area (TPSA) is 12.0 Å². The van der Waals surface area contributed by atoms with Gasteiger partial charge in [-0.25, -0.2) is 0 Å². The van der Waals surface area contributed by atoms with Gasteiger partial charge in [0, 0.05) is 6.04 Å². The third-order valence-corrected chi connectivity index (χ3v) is 4.71. The monoisotopic (exact) mass is 253 g/mol. The minimum Gasteiger partial charge on any atom is -0.317 e. The van der Waals surface area contributed by atoms with Gasteiger partial charge >= 0.3 is 0 Å². The fraction of sp³-hybridized carbons (Fsp3) is 1.00. The van der Waals surface area contributed by atoms with Gasteiger partial charge in [0.15, 0.2) is 0 Å². The van der Waals surface area contributed by atoms with Gasteiger partial charge in [-0.3, -0.25) is 0 Å². The fourth-order valence-electron chi connectivity index (χ4n) is 3.13. The predicted octanol–water partition coefficient (Wildman–Crippen LogP) is 5.30. The van der Waals surface area contributed by atoms with Crippen LogP contribution in [0.5, 0.6) is 0 Å². The molecular weight excluding hydrogens is 218 g/mol. The largest absolute Gasteiger partial charge is 0.317 e. The molecule has 1 aliphatic rings. The Kier molecular flexibility index (Phi) is 9.65. The van der Waals surface area contributed by atoms with Crippen LogP contribution in [0.1, 0.15) is 90.4 Å². The van der Waals surface area contributed by atoms with E-state index in [0.29, 0.717) is 0 Å². The van der Waals surface area contributed by atoms with Crippen LogP contribution in [0.15, 0.2) is 0 Å². The van der Waals surface area contributed by atoms with Gasteiger partial charge in [0.25, 0.3) is 0 Å². The second kappa shape index (κ2) is 10.8. The average molecular weight is 253 g/mol. The molecule has 0 aliphatic heterocycles. The van der Waals surface area contributed by atoms with E-state index in [4.69, 9.17) is 0 Å². The molecule has 108 valence electrons. The van der Waals surface area contributed by atoms with Gasteiger partial charge in [0.2, 0.25) is 0 Å². The van der Waals surface area contributed by atoms with E-state index >= 15 is 0 Å². The molecule has 0 aromatic rings. The molecule has 0 bridgehead atoms. The Morgan fingerprint density at radius 2 is 1.44 bits per heavy atom. The van der Waals surface area contributed by atoms with Crippen molar-refractivity contribution < 1.29 is 0 Å². The Labute approximate surface area is 115 Å². The molecule has 0 amide bonds.